The predicted molar refractivity (Wildman–Crippen MR) is 119 cm³/mol. The van der Waals surface area contributed by atoms with Crippen LogP contribution in [0.5, 0.6) is 0 Å². The van der Waals surface area contributed by atoms with Gasteiger partial charge in [-0.1, -0.05) is 18.2 Å². The minimum Gasteiger partial charge on any atom is -0.465 e. The molecule has 6 heteroatoms. The van der Waals surface area contributed by atoms with Crippen LogP contribution in [-0.2, 0) is 16.0 Å². The molecule has 0 unspecified atom stereocenters. The molecule has 3 aromatic rings. The number of rotatable bonds is 6. The van der Waals surface area contributed by atoms with Crippen LogP contribution in [0.4, 0.5) is 0 Å². The fourth-order valence-corrected chi connectivity index (χ4v) is 4.12. The fourth-order valence-electron chi connectivity index (χ4n) is 4.12. The van der Waals surface area contributed by atoms with Crippen LogP contribution >= 0.6 is 0 Å². The summed E-state index contributed by atoms with van der Waals surface area (Å²) in [6, 6.07) is 11.3. The number of nitrogens with zero attached hydrogens (tertiary/aromatic N) is 2. The Morgan fingerprint density at radius 1 is 1.13 bits per heavy atom. The fraction of sp³-hybridized carbons (Fsp3) is 0.320. The molecule has 160 valence electrons. The first-order chi connectivity index (χ1) is 15.1. The van der Waals surface area contributed by atoms with Crippen LogP contribution in [0, 0.1) is 0 Å². The molecule has 4 rings (SSSR count). The Labute approximate surface area is 181 Å². The van der Waals surface area contributed by atoms with E-state index in [0.717, 1.165) is 52.8 Å². The summed E-state index contributed by atoms with van der Waals surface area (Å²) in [6.07, 6.45) is 6.11. The van der Waals surface area contributed by atoms with E-state index in [1.54, 1.807) is 11.2 Å². The molecular formula is C25H26N2O4. The maximum absolute atomic E-state index is 13.2. The van der Waals surface area contributed by atoms with Gasteiger partial charge in [-0.25, -0.2) is 9.78 Å². The minimum absolute atomic E-state index is 0.191. The molecule has 0 atom stereocenters. The molecule has 0 aliphatic heterocycles. The van der Waals surface area contributed by atoms with Gasteiger partial charge in [0.15, 0.2) is 6.61 Å². The number of pyridine rings is 1. The molecule has 0 saturated carbocycles. The standard InChI is InChI=1S/C25H26N2O4/c1-3-27(4-2)22(28)16-31-25(29)23-19-11-5-6-13-21(19)26-24-17(9-7-12-20(23)24)15-18-10-8-14-30-18/h5-6,8,10-11,13-15H,3-4,7,9,12,16H2,1-2H3/b17-15-. The maximum atomic E-state index is 13.2. The van der Waals surface area contributed by atoms with Gasteiger partial charge in [0.25, 0.3) is 5.91 Å². The number of fused-ring (bicyclic) bond motifs is 2. The first-order valence-corrected chi connectivity index (χ1v) is 10.7. The molecule has 1 aliphatic rings. The summed E-state index contributed by atoms with van der Waals surface area (Å²) in [4.78, 5) is 32.1. The van der Waals surface area contributed by atoms with Gasteiger partial charge in [-0.2, -0.15) is 0 Å². The molecule has 0 radical (unpaired) electrons. The lowest BCUT2D eigenvalue weighted by Crippen LogP contribution is -2.34. The summed E-state index contributed by atoms with van der Waals surface area (Å²) in [7, 11) is 0. The second kappa shape index (κ2) is 9.16. The van der Waals surface area contributed by atoms with Gasteiger partial charge in [0.05, 0.1) is 23.0 Å². The first-order valence-electron chi connectivity index (χ1n) is 10.7. The van der Waals surface area contributed by atoms with Crippen molar-refractivity contribution in [3.05, 3.63) is 65.2 Å². The summed E-state index contributed by atoms with van der Waals surface area (Å²) >= 11 is 0. The molecule has 0 saturated heterocycles. The van der Waals surface area contributed by atoms with E-state index in [-0.39, 0.29) is 12.5 Å². The molecule has 31 heavy (non-hydrogen) atoms. The summed E-state index contributed by atoms with van der Waals surface area (Å²) in [5.41, 5.74) is 3.97. The van der Waals surface area contributed by atoms with E-state index >= 15 is 0 Å². The van der Waals surface area contributed by atoms with Gasteiger partial charge in [0.1, 0.15) is 5.76 Å². The van der Waals surface area contributed by atoms with Crippen molar-refractivity contribution in [1.29, 1.82) is 0 Å². The molecule has 0 bridgehead atoms. The zero-order valence-electron chi connectivity index (χ0n) is 17.9. The molecule has 0 fully saturated rings. The van der Waals surface area contributed by atoms with Crippen molar-refractivity contribution in [2.75, 3.05) is 19.7 Å². The van der Waals surface area contributed by atoms with Crippen molar-refractivity contribution in [2.24, 2.45) is 0 Å². The first kappa shape index (κ1) is 20.8. The van der Waals surface area contributed by atoms with E-state index in [4.69, 9.17) is 14.1 Å². The SMILES string of the molecule is CCN(CC)C(=O)COC(=O)c1c2c(nc3ccccc13)/C(=C\c1ccco1)CCC2. The normalized spacial score (nSPS) is 14.5. The molecule has 1 aromatic carbocycles. The largest absolute Gasteiger partial charge is 0.465 e. The van der Waals surface area contributed by atoms with Crippen molar-refractivity contribution in [3.8, 4) is 0 Å². The van der Waals surface area contributed by atoms with Gasteiger partial charge in [-0.05, 0) is 68.5 Å². The lowest BCUT2D eigenvalue weighted by molar-refractivity contribution is -0.134. The average Bonchev–Trinajstić information content (AvgIpc) is 3.30. The van der Waals surface area contributed by atoms with Crippen molar-refractivity contribution < 1.29 is 18.7 Å². The van der Waals surface area contributed by atoms with E-state index in [0.29, 0.717) is 18.7 Å². The number of amides is 1. The molecule has 0 N–H and O–H groups in total. The molecular weight excluding hydrogens is 392 g/mol. The third-order valence-corrected chi connectivity index (χ3v) is 5.68. The Morgan fingerprint density at radius 2 is 1.94 bits per heavy atom. The van der Waals surface area contributed by atoms with Crippen LogP contribution in [-0.4, -0.2) is 41.5 Å². The highest BCUT2D eigenvalue weighted by molar-refractivity contribution is 6.07. The summed E-state index contributed by atoms with van der Waals surface area (Å²) in [5, 5.41) is 0.751. The van der Waals surface area contributed by atoms with Gasteiger partial charge in [-0.3, -0.25) is 4.79 Å². The van der Waals surface area contributed by atoms with Gasteiger partial charge in [0, 0.05) is 18.5 Å². The topological polar surface area (TPSA) is 72.6 Å². The zero-order valence-corrected chi connectivity index (χ0v) is 17.9. The lowest BCUT2D eigenvalue weighted by atomic mass is 9.86. The van der Waals surface area contributed by atoms with E-state index in [9.17, 15) is 9.59 Å². The maximum Gasteiger partial charge on any atom is 0.339 e. The van der Waals surface area contributed by atoms with Gasteiger partial charge in [-0.15, -0.1) is 0 Å². The second-order valence-corrected chi connectivity index (χ2v) is 7.51. The van der Waals surface area contributed by atoms with Crippen molar-refractivity contribution in [1.82, 2.24) is 9.88 Å². The lowest BCUT2D eigenvalue weighted by Gasteiger charge is -2.23. The number of allylic oxidation sites excluding steroid dienone is 1. The van der Waals surface area contributed by atoms with Gasteiger partial charge >= 0.3 is 5.97 Å². The number of para-hydroxylation sites is 1. The van der Waals surface area contributed by atoms with E-state index in [1.165, 1.54) is 0 Å². The Hall–Kier alpha value is -3.41. The number of aromatic nitrogens is 1. The molecule has 2 aromatic heterocycles. The van der Waals surface area contributed by atoms with Crippen molar-refractivity contribution in [2.45, 2.75) is 33.1 Å². The smallest absolute Gasteiger partial charge is 0.339 e. The van der Waals surface area contributed by atoms with Crippen molar-refractivity contribution >= 4 is 34.4 Å². The Kier molecular flexibility index (Phi) is 6.16. The Morgan fingerprint density at radius 3 is 2.68 bits per heavy atom. The quantitative estimate of drug-likeness (QED) is 0.541. The van der Waals surface area contributed by atoms with E-state index in [1.807, 2.05) is 56.3 Å². The van der Waals surface area contributed by atoms with Crippen LogP contribution in [0.15, 0.2) is 47.1 Å². The minimum atomic E-state index is -0.477. The molecule has 2 heterocycles. The monoisotopic (exact) mass is 418 g/mol. The van der Waals surface area contributed by atoms with Crippen LogP contribution in [0.3, 0.4) is 0 Å². The number of hydrogen-bond acceptors (Lipinski definition) is 5. The summed E-state index contributed by atoms with van der Waals surface area (Å²) < 4.78 is 11.0. The van der Waals surface area contributed by atoms with E-state index in [2.05, 4.69) is 0 Å². The van der Waals surface area contributed by atoms with E-state index < -0.39 is 5.97 Å². The molecule has 6 nitrogen and oxygen atoms in total. The van der Waals surface area contributed by atoms with Crippen molar-refractivity contribution in [3.63, 3.8) is 0 Å². The number of furan rings is 1. The Balaban J connectivity index is 1.74. The number of ether oxygens (including phenoxy) is 1. The average molecular weight is 418 g/mol. The van der Waals surface area contributed by atoms with Crippen LogP contribution in [0.2, 0.25) is 0 Å². The van der Waals surface area contributed by atoms with Crippen LogP contribution in [0.25, 0.3) is 22.6 Å². The van der Waals surface area contributed by atoms with Crippen LogP contribution < -0.4 is 0 Å². The zero-order chi connectivity index (χ0) is 21.8. The van der Waals surface area contributed by atoms with Crippen LogP contribution in [0.1, 0.15) is 54.1 Å². The molecule has 1 aliphatic carbocycles. The number of esters is 1. The molecule has 0 spiro atoms. The third kappa shape index (κ3) is 4.24. The number of benzene rings is 1. The molecule has 1 amide bonds. The van der Waals surface area contributed by atoms with Gasteiger partial charge in [0.2, 0.25) is 0 Å². The van der Waals surface area contributed by atoms with Gasteiger partial charge < -0.3 is 14.1 Å². The highest BCUT2D eigenvalue weighted by Crippen LogP contribution is 2.36. The number of carbonyl (C=O) groups is 2. The summed E-state index contributed by atoms with van der Waals surface area (Å²) in [5.74, 6) is 0.0883. The predicted octanol–water partition coefficient (Wildman–Crippen LogP) is 4.73. The number of carbonyl (C=O) groups excluding carboxylic acids is 2. The Bertz CT molecular complexity index is 1130. The highest BCUT2D eigenvalue weighted by Gasteiger charge is 2.26. The summed E-state index contributed by atoms with van der Waals surface area (Å²) in [6.45, 7) is 4.72. The number of hydrogen-bond donors (Lipinski definition) is 0. The number of likely N-dealkylation sites (N-methyl/N-ethyl adjacent to an activating group) is 1. The highest BCUT2D eigenvalue weighted by atomic mass is 16.5. The third-order valence-electron chi connectivity index (χ3n) is 5.68. The second-order valence-electron chi connectivity index (χ2n) is 7.51.